The van der Waals surface area contributed by atoms with Gasteiger partial charge in [0.2, 0.25) is 11.8 Å². The summed E-state index contributed by atoms with van der Waals surface area (Å²) in [6.45, 7) is 16.9. The van der Waals surface area contributed by atoms with E-state index < -0.39 is 35.3 Å². The number of benzene rings is 3. The molecule has 0 aliphatic carbocycles. The van der Waals surface area contributed by atoms with Gasteiger partial charge in [0.25, 0.3) is 0 Å². The first kappa shape index (κ1) is 46.2. The van der Waals surface area contributed by atoms with Crippen molar-refractivity contribution in [3.05, 3.63) is 65.6 Å². The summed E-state index contributed by atoms with van der Waals surface area (Å²) in [7, 11) is 1.31. The summed E-state index contributed by atoms with van der Waals surface area (Å²) in [4.78, 5) is 71.6. The molecule has 3 N–H and O–H groups in total. The smallest absolute Gasteiger partial charge is 0.408 e. The number of ether oxygens (including phenoxy) is 4. The third-order valence-electron chi connectivity index (χ3n) is 14.7. The highest BCUT2D eigenvalue weighted by Crippen LogP contribution is 2.46. The third kappa shape index (κ3) is 8.87. The molecule has 356 valence electrons. The maximum atomic E-state index is 14.7. The van der Waals surface area contributed by atoms with E-state index in [1.54, 1.807) is 0 Å². The second kappa shape index (κ2) is 17.9. The maximum absolute atomic E-state index is 14.7. The Hall–Kier alpha value is -5.96. The SMILES string of the molecule is COC(=O)N[C@H](C(=O)N1[C@@H](C)CC[C@H]1C1=Nc2ccc3cc4c(cc3c2C1)OCc1cc(-c2cnc([C@@H]3CC[C@H](C)N3C(=O)[C@@H](NC(=O)OC(C)(C)C)C3(C)CCOCC3)[nH]2)ccc1-4)C(C)C. The first-order valence-corrected chi connectivity index (χ1v) is 24.0. The molecule has 67 heavy (non-hydrogen) atoms. The number of carbonyl (C=O) groups excluding carboxylic acids is 4. The van der Waals surface area contributed by atoms with Crippen molar-refractivity contribution in [2.24, 2.45) is 16.3 Å². The Bertz CT molecular complexity index is 2630. The number of likely N-dealkylation sites (tertiary alicyclic amines) is 2. The van der Waals surface area contributed by atoms with Gasteiger partial charge in [-0.3, -0.25) is 14.6 Å². The molecule has 3 fully saturated rings. The maximum Gasteiger partial charge on any atom is 0.408 e. The molecule has 9 rings (SSSR count). The second-order valence-electron chi connectivity index (χ2n) is 20.8. The molecule has 6 heterocycles. The lowest BCUT2D eigenvalue weighted by Crippen LogP contribution is -2.59. The highest BCUT2D eigenvalue weighted by atomic mass is 16.6. The molecule has 1 aromatic heterocycles. The molecular formula is C52H65N7O8. The van der Waals surface area contributed by atoms with E-state index in [2.05, 4.69) is 78.9 Å². The molecule has 3 saturated heterocycles. The van der Waals surface area contributed by atoms with Crippen molar-refractivity contribution in [2.75, 3.05) is 20.3 Å². The number of hydrogen-bond donors (Lipinski definition) is 3. The second-order valence-corrected chi connectivity index (χ2v) is 20.8. The number of alkyl carbamates (subject to hydrolysis) is 2. The molecule has 5 aliphatic rings. The number of rotatable bonds is 9. The van der Waals surface area contributed by atoms with Crippen LogP contribution in [0.5, 0.6) is 5.75 Å². The Kier molecular flexibility index (Phi) is 12.4. The van der Waals surface area contributed by atoms with Crippen LogP contribution in [-0.2, 0) is 36.8 Å². The number of fused-ring (bicyclic) bond motifs is 6. The van der Waals surface area contributed by atoms with E-state index in [-0.39, 0.29) is 41.9 Å². The fourth-order valence-electron chi connectivity index (χ4n) is 10.9. The number of nitrogens with one attached hydrogen (secondary N) is 3. The van der Waals surface area contributed by atoms with Crippen molar-refractivity contribution in [1.82, 2.24) is 30.4 Å². The van der Waals surface area contributed by atoms with Gasteiger partial charge in [-0.05, 0) is 136 Å². The van der Waals surface area contributed by atoms with Crippen molar-refractivity contribution < 1.29 is 38.1 Å². The molecule has 0 saturated carbocycles. The fraction of sp³-hybridized carbons (Fsp3) is 0.538. The Morgan fingerprint density at radius 2 is 1.60 bits per heavy atom. The zero-order valence-electron chi connectivity index (χ0n) is 40.3. The van der Waals surface area contributed by atoms with E-state index in [0.717, 1.165) is 87.1 Å². The zero-order chi connectivity index (χ0) is 47.5. The molecule has 4 aromatic rings. The number of methoxy groups -OCH3 is 1. The lowest BCUT2D eigenvalue weighted by molar-refractivity contribution is -0.142. The molecule has 15 heteroatoms. The summed E-state index contributed by atoms with van der Waals surface area (Å²) < 4.78 is 22.7. The number of aromatic nitrogens is 2. The molecule has 0 spiro atoms. The van der Waals surface area contributed by atoms with Gasteiger partial charge >= 0.3 is 12.2 Å². The minimum atomic E-state index is -0.790. The number of carbonyl (C=O) groups is 4. The molecule has 0 radical (unpaired) electrons. The number of aliphatic imine (C=N–C) groups is 1. The third-order valence-corrected chi connectivity index (χ3v) is 14.7. The number of imidazole rings is 1. The molecule has 4 amide bonds. The van der Waals surface area contributed by atoms with Crippen LogP contribution in [0.15, 0.2) is 53.7 Å². The zero-order valence-corrected chi connectivity index (χ0v) is 40.3. The van der Waals surface area contributed by atoms with Gasteiger partial charge < -0.3 is 44.4 Å². The van der Waals surface area contributed by atoms with Crippen molar-refractivity contribution in [1.29, 1.82) is 0 Å². The standard InChI is InChI=1S/C52H65N7O8/c1-28(2)44(56-49(62)64-9)47(60)58-29(3)10-16-41(58)39-24-36-35-25-43-37(23-31(35)13-15-38(36)54-39)34-14-12-32(22-33(34)27-66-43)40-26-53-46(55-40)42-17-11-30(4)59(42)48(61)45(52(8)18-20-65-21-19-52)57-50(63)67-51(5,6)7/h12-15,22-23,25-26,28-30,41-42,44-45H,10-11,16-21,24,27H2,1-9H3,(H,53,55)(H,56,62)(H,57,63)/t29-,30-,41-,42-,44-,45+/m0/s1. The number of aromatic amines is 1. The predicted molar refractivity (Wildman–Crippen MR) is 255 cm³/mol. The van der Waals surface area contributed by atoms with Crippen LogP contribution in [0.2, 0.25) is 0 Å². The summed E-state index contributed by atoms with van der Waals surface area (Å²) >= 11 is 0. The van der Waals surface area contributed by atoms with Gasteiger partial charge in [0.15, 0.2) is 0 Å². The number of H-pyrrole nitrogens is 1. The van der Waals surface area contributed by atoms with E-state index >= 15 is 0 Å². The van der Waals surface area contributed by atoms with E-state index in [9.17, 15) is 19.2 Å². The molecule has 0 unspecified atom stereocenters. The van der Waals surface area contributed by atoms with E-state index in [1.165, 1.54) is 7.11 Å². The first-order chi connectivity index (χ1) is 31.9. The van der Waals surface area contributed by atoms with Crippen LogP contribution < -0.4 is 15.4 Å². The van der Waals surface area contributed by atoms with Crippen LogP contribution in [-0.4, -0.2) is 106 Å². The first-order valence-electron chi connectivity index (χ1n) is 24.0. The van der Waals surface area contributed by atoms with Crippen LogP contribution in [0.3, 0.4) is 0 Å². The minimum Gasteiger partial charge on any atom is -0.488 e. The quantitative estimate of drug-likeness (QED) is 0.148. The topological polar surface area (TPSA) is 177 Å². The minimum absolute atomic E-state index is 0.00951. The highest BCUT2D eigenvalue weighted by Gasteiger charge is 2.48. The van der Waals surface area contributed by atoms with Crippen LogP contribution in [0, 0.1) is 11.3 Å². The number of nitrogens with zero attached hydrogens (tertiary/aromatic N) is 4. The molecule has 0 bridgehead atoms. The van der Waals surface area contributed by atoms with Gasteiger partial charge in [0, 0.05) is 48.4 Å². The largest absolute Gasteiger partial charge is 0.488 e. The van der Waals surface area contributed by atoms with E-state index in [4.69, 9.17) is 28.9 Å². The molecule has 6 atom stereocenters. The number of amides is 4. The van der Waals surface area contributed by atoms with Gasteiger partial charge in [-0.15, -0.1) is 0 Å². The molecule has 3 aromatic carbocycles. The summed E-state index contributed by atoms with van der Waals surface area (Å²) in [5.74, 6) is 1.16. The summed E-state index contributed by atoms with van der Waals surface area (Å²) in [5.41, 5.74) is 6.77. The van der Waals surface area contributed by atoms with Crippen LogP contribution in [0.1, 0.15) is 117 Å². The Labute approximate surface area is 392 Å². The Morgan fingerprint density at radius 1 is 0.881 bits per heavy atom. The molecular weight excluding hydrogens is 851 g/mol. The summed E-state index contributed by atoms with van der Waals surface area (Å²) in [5, 5.41) is 7.92. The normalized spacial score (nSPS) is 22.9. The highest BCUT2D eigenvalue weighted by molar-refractivity contribution is 6.06. The predicted octanol–water partition coefficient (Wildman–Crippen LogP) is 8.94. The Morgan fingerprint density at radius 3 is 2.30 bits per heavy atom. The lowest BCUT2D eigenvalue weighted by Gasteiger charge is -2.43. The Balaban J connectivity index is 0.932. The average Bonchev–Trinajstić information content (AvgIpc) is 4.11. The van der Waals surface area contributed by atoms with Gasteiger partial charge in [-0.1, -0.05) is 39.0 Å². The van der Waals surface area contributed by atoms with Gasteiger partial charge in [0.1, 0.15) is 35.9 Å². The summed E-state index contributed by atoms with van der Waals surface area (Å²) in [6, 6.07) is 12.9. The van der Waals surface area contributed by atoms with Gasteiger partial charge in [-0.25, -0.2) is 14.6 Å². The average molecular weight is 916 g/mol. The molecule has 15 nitrogen and oxygen atoms in total. The van der Waals surface area contributed by atoms with Gasteiger partial charge in [0.05, 0.1) is 36.8 Å². The van der Waals surface area contributed by atoms with E-state index in [1.807, 2.05) is 50.6 Å². The van der Waals surface area contributed by atoms with E-state index in [0.29, 0.717) is 44.9 Å². The van der Waals surface area contributed by atoms with Crippen molar-refractivity contribution >= 4 is 46.2 Å². The van der Waals surface area contributed by atoms with Crippen LogP contribution >= 0.6 is 0 Å². The summed E-state index contributed by atoms with van der Waals surface area (Å²) in [6.07, 6.45) is 5.73. The van der Waals surface area contributed by atoms with Crippen LogP contribution in [0.25, 0.3) is 33.2 Å². The van der Waals surface area contributed by atoms with Crippen LogP contribution in [0.4, 0.5) is 15.3 Å². The lowest BCUT2D eigenvalue weighted by atomic mass is 9.75. The fourth-order valence-corrected chi connectivity index (χ4v) is 10.9. The van der Waals surface area contributed by atoms with Crippen molar-refractivity contribution in [2.45, 2.75) is 149 Å². The van der Waals surface area contributed by atoms with Crippen molar-refractivity contribution in [3.8, 4) is 28.1 Å². The number of hydrogen-bond acceptors (Lipinski definition) is 10. The van der Waals surface area contributed by atoms with Crippen molar-refractivity contribution in [3.63, 3.8) is 0 Å². The monoisotopic (exact) mass is 915 g/mol. The molecule has 5 aliphatic heterocycles. The van der Waals surface area contributed by atoms with Gasteiger partial charge in [-0.2, -0.15) is 0 Å².